The van der Waals surface area contributed by atoms with Crippen molar-refractivity contribution in [1.82, 2.24) is 0 Å². The molecule has 0 rings (SSSR count). The minimum atomic E-state index is 0.643. The van der Waals surface area contributed by atoms with Crippen LogP contribution >= 0.6 is 0 Å². The first-order chi connectivity index (χ1) is 5.85. The van der Waals surface area contributed by atoms with Crippen molar-refractivity contribution in [2.45, 2.75) is 46.5 Å². The normalized spacial score (nSPS) is 13.2. The molecule has 0 aromatic rings. The molecule has 0 aliphatic heterocycles. The Bertz CT molecular complexity index is 83.9. The molecule has 0 aromatic heterocycles. The molecule has 0 radical (unpaired) electrons. The van der Waals surface area contributed by atoms with Gasteiger partial charge in [-0.25, -0.2) is 9.78 Å². The Kier molecular flexibility index (Phi) is 8.95. The first-order valence-electron chi connectivity index (χ1n) is 5.09. The van der Waals surface area contributed by atoms with E-state index in [2.05, 4.69) is 13.8 Å². The lowest BCUT2D eigenvalue weighted by Crippen LogP contribution is -2.09. The third kappa shape index (κ3) is 6.62. The smallest absolute Gasteiger partial charge is 0.0850 e. The molecule has 0 spiro atoms. The second-order valence-corrected chi connectivity index (χ2v) is 3.11. The first kappa shape index (κ1) is 11.9. The molecule has 0 saturated heterocycles. The highest BCUT2D eigenvalue weighted by atomic mass is 17.2. The lowest BCUT2D eigenvalue weighted by atomic mass is 10.0. The first-order valence-corrected chi connectivity index (χ1v) is 5.09. The molecule has 0 saturated carbocycles. The maximum atomic E-state index is 5.03. The van der Waals surface area contributed by atoms with Crippen LogP contribution in [-0.2, 0) is 9.78 Å². The molecule has 2 heteroatoms. The molecular formula is C10H22O2. The van der Waals surface area contributed by atoms with Crippen LogP contribution in [0.5, 0.6) is 0 Å². The van der Waals surface area contributed by atoms with E-state index in [0.717, 1.165) is 6.61 Å². The minimum Gasteiger partial charge on any atom is -0.237 e. The van der Waals surface area contributed by atoms with Gasteiger partial charge in [-0.3, -0.25) is 0 Å². The second kappa shape index (κ2) is 9.01. The van der Waals surface area contributed by atoms with Crippen molar-refractivity contribution in [2.24, 2.45) is 5.92 Å². The average molecular weight is 174 g/mol. The van der Waals surface area contributed by atoms with E-state index in [1.54, 1.807) is 0 Å². The summed E-state index contributed by atoms with van der Waals surface area (Å²) in [5.74, 6) is 0.677. The van der Waals surface area contributed by atoms with E-state index in [9.17, 15) is 0 Å². The van der Waals surface area contributed by atoms with Crippen LogP contribution < -0.4 is 0 Å². The van der Waals surface area contributed by atoms with Crippen molar-refractivity contribution in [1.29, 1.82) is 0 Å². The van der Waals surface area contributed by atoms with Crippen molar-refractivity contribution < 1.29 is 9.78 Å². The Morgan fingerprint density at radius 2 is 1.83 bits per heavy atom. The molecule has 2 nitrogen and oxygen atoms in total. The van der Waals surface area contributed by atoms with E-state index in [1.807, 2.05) is 6.92 Å². The standard InChI is InChI=1S/C10H22O2/c1-4-7-8-10(5-2)9-12-11-6-3/h10H,4-9H2,1-3H3. The molecule has 0 N–H and O–H groups in total. The molecule has 1 atom stereocenters. The fraction of sp³-hybridized carbons (Fsp3) is 1.00. The predicted molar refractivity (Wildman–Crippen MR) is 50.9 cm³/mol. The highest BCUT2D eigenvalue weighted by Crippen LogP contribution is 2.12. The Hall–Kier alpha value is -0.0800. The van der Waals surface area contributed by atoms with Crippen LogP contribution in [0.4, 0.5) is 0 Å². The highest BCUT2D eigenvalue weighted by Gasteiger charge is 2.05. The summed E-state index contributed by atoms with van der Waals surface area (Å²) in [5, 5.41) is 0. The third-order valence-electron chi connectivity index (χ3n) is 2.05. The van der Waals surface area contributed by atoms with Gasteiger partial charge in [0.1, 0.15) is 0 Å². The number of hydrogen-bond donors (Lipinski definition) is 0. The van der Waals surface area contributed by atoms with Crippen molar-refractivity contribution >= 4 is 0 Å². The zero-order chi connectivity index (χ0) is 9.23. The number of unbranched alkanes of at least 4 members (excludes halogenated alkanes) is 1. The van der Waals surface area contributed by atoms with Crippen LogP contribution in [0, 0.1) is 5.92 Å². The van der Waals surface area contributed by atoms with Crippen LogP contribution in [0.15, 0.2) is 0 Å². The fourth-order valence-electron chi connectivity index (χ4n) is 1.13. The highest BCUT2D eigenvalue weighted by molar-refractivity contribution is 4.54. The Morgan fingerprint density at radius 3 is 2.33 bits per heavy atom. The minimum absolute atomic E-state index is 0.643. The molecule has 0 bridgehead atoms. The molecular weight excluding hydrogens is 152 g/mol. The lowest BCUT2D eigenvalue weighted by Gasteiger charge is -2.12. The summed E-state index contributed by atoms with van der Waals surface area (Å²) in [6.45, 7) is 7.76. The Morgan fingerprint density at radius 1 is 1.08 bits per heavy atom. The van der Waals surface area contributed by atoms with E-state index >= 15 is 0 Å². The molecule has 1 unspecified atom stereocenters. The van der Waals surface area contributed by atoms with Gasteiger partial charge in [-0.05, 0) is 19.3 Å². The predicted octanol–water partition coefficient (Wildman–Crippen LogP) is 3.17. The van der Waals surface area contributed by atoms with Gasteiger partial charge in [-0.15, -0.1) is 0 Å². The molecule has 0 aliphatic rings. The molecule has 0 aromatic carbocycles. The summed E-state index contributed by atoms with van der Waals surface area (Å²) >= 11 is 0. The van der Waals surface area contributed by atoms with Gasteiger partial charge in [-0.1, -0.05) is 33.1 Å². The fourth-order valence-corrected chi connectivity index (χ4v) is 1.13. The molecule has 12 heavy (non-hydrogen) atoms. The van der Waals surface area contributed by atoms with E-state index < -0.39 is 0 Å². The van der Waals surface area contributed by atoms with Crippen LogP contribution in [0.1, 0.15) is 46.5 Å². The second-order valence-electron chi connectivity index (χ2n) is 3.11. The summed E-state index contributed by atoms with van der Waals surface area (Å²) in [6, 6.07) is 0. The topological polar surface area (TPSA) is 18.5 Å². The van der Waals surface area contributed by atoms with Gasteiger partial charge >= 0.3 is 0 Å². The van der Waals surface area contributed by atoms with Crippen LogP contribution in [-0.4, -0.2) is 13.2 Å². The summed E-state index contributed by atoms with van der Waals surface area (Å²) < 4.78 is 0. The van der Waals surface area contributed by atoms with E-state index in [4.69, 9.17) is 9.78 Å². The van der Waals surface area contributed by atoms with Gasteiger partial charge in [0.25, 0.3) is 0 Å². The van der Waals surface area contributed by atoms with Crippen molar-refractivity contribution in [2.75, 3.05) is 13.2 Å². The molecule has 0 fully saturated rings. The van der Waals surface area contributed by atoms with Crippen molar-refractivity contribution in [3.63, 3.8) is 0 Å². The third-order valence-corrected chi connectivity index (χ3v) is 2.05. The molecule has 0 heterocycles. The number of hydrogen-bond acceptors (Lipinski definition) is 2. The Balaban J connectivity index is 3.26. The summed E-state index contributed by atoms with van der Waals surface area (Å²) in [5.41, 5.74) is 0. The average Bonchev–Trinajstić information content (AvgIpc) is 2.11. The summed E-state index contributed by atoms with van der Waals surface area (Å²) in [4.78, 5) is 9.88. The Labute approximate surface area is 76.2 Å². The van der Waals surface area contributed by atoms with Crippen LogP contribution in [0.3, 0.4) is 0 Å². The number of rotatable bonds is 8. The van der Waals surface area contributed by atoms with Gasteiger partial charge in [-0.2, -0.15) is 0 Å². The van der Waals surface area contributed by atoms with E-state index in [0.29, 0.717) is 12.5 Å². The van der Waals surface area contributed by atoms with E-state index in [-0.39, 0.29) is 0 Å². The summed E-state index contributed by atoms with van der Waals surface area (Å²) in [6.07, 6.45) is 5.02. The lowest BCUT2D eigenvalue weighted by molar-refractivity contribution is -0.298. The van der Waals surface area contributed by atoms with Gasteiger partial charge in [0.2, 0.25) is 0 Å². The van der Waals surface area contributed by atoms with E-state index in [1.165, 1.54) is 25.7 Å². The quantitative estimate of drug-likeness (QED) is 0.320. The van der Waals surface area contributed by atoms with Crippen LogP contribution in [0.2, 0.25) is 0 Å². The molecule has 74 valence electrons. The van der Waals surface area contributed by atoms with Gasteiger partial charge < -0.3 is 0 Å². The van der Waals surface area contributed by atoms with Crippen LogP contribution in [0.25, 0.3) is 0 Å². The largest absolute Gasteiger partial charge is 0.237 e. The zero-order valence-corrected chi connectivity index (χ0v) is 8.64. The van der Waals surface area contributed by atoms with Gasteiger partial charge in [0.05, 0.1) is 13.2 Å². The van der Waals surface area contributed by atoms with Gasteiger partial charge in [0, 0.05) is 0 Å². The molecule has 0 aliphatic carbocycles. The SMILES string of the molecule is CCCCC(CC)COOCC. The monoisotopic (exact) mass is 174 g/mol. The van der Waals surface area contributed by atoms with Crippen molar-refractivity contribution in [3.8, 4) is 0 Å². The van der Waals surface area contributed by atoms with Gasteiger partial charge in [0.15, 0.2) is 0 Å². The molecule has 0 amide bonds. The maximum absolute atomic E-state index is 5.03. The maximum Gasteiger partial charge on any atom is 0.0850 e. The summed E-state index contributed by atoms with van der Waals surface area (Å²) in [7, 11) is 0. The zero-order valence-electron chi connectivity index (χ0n) is 8.64. The van der Waals surface area contributed by atoms with Crippen molar-refractivity contribution in [3.05, 3.63) is 0 Å².